The zero-order valence-corrected chi connectivity index (χ0v) is 8.11. The average molecular weight is 189 g/mol. The predicted octanol–water partition coefficient (Wildman–Crippen LogP) is 2.21. The zero-order valence-electron chi connectivity index (χ0n) is 8.11. The first-order valence-corrected chi connectivity index (χ1v) is 4.37. The summed E-state index contributed by atoms with van der Waals surface area (Å²) >= 11 is 0. The van der Waals surface area contributed by atoms with E-state index in [1.54, 1.807) is 6.20 Å². The van der Waals surface area contributed by atoms with E-state index in [-0.39, 0.29) is 0 Å². The first kappa shape index (κ1) is 8.74. The van der Waals surface area contributed by atoms with Crippen LogP contribution in [0.3, 0.4) is 0 Å². The summed E-state index contributed by atoms with van der Waals surface area (Å²) in [5.41, 5.74) is 2.32. The summed E-state index contributed by atoms with van der Waals surface area (Å²) in [6.07, 6.45) is 1.54. The van der Waals surface area contributed by atoms with Crippen LogP contribution in [0.2, 0.25) is 0 Å². The molecule has 0 aliphatic heterocycles. The average Bonchev–Trinajstić information content (AvgIpc) is 2.66. The van der Waals surface area contributed by atoms with Crippen LogP contribution in [-0.4, -0.2) is 15.4 Å². The van der Waals surface area contributed by atoms with E-state index in [1.807, 2.05) is 32.0 Å². The predicted molar refractivity (Wildman–Crippen MR) is 52.4 cm³/mol. The van der Waals surface area contributed by atoms with Crippen LogP contribution in [0, 0.1) is 13.8 Å². The summed E-state index contributed by atoms with van der Waals surface area (Å²) < 4.78 is 5.53. The van der Waals surface area contributed by atoms with Gasteiger partial charge < -0.3 is 4.74 Å². The van der Waals surface area contributed by atoms with Gasteiger partial charge in [0.1, 0.15) is 11.9 Å². The first-order chi connectivity index (χ1) is 6.77. The summed E-state index contributed by atoms with van der Waals surface area (Å²) in [5, 5.41) is 9.99. The van der Waals surface area contributed by atoms with Crippen molar-refractivity contribution in [3.05, 3.63) is 35.5 Å². The molecule has 0 spiro atoms. The maximum atomic E-state index is 5.53. The van der Waals surface area contributed by atoms with Gasteiger partial charge in [-0.05, 0) is 31.0 Å². The van der Waals surface area contributed by atoms with Gasteiger partial charge in [-0.2, -0.15) is 10.3 Å². The van der Waals surface area contributed by atoms with E-state index in [0.29, 0.717) is 5.88 Å². The Hall–Kier alpha value is -1.84. The Kier molecular flexibility index (Phi) is 2.18. The van der Waals surface area contributed by atoms with Crippen LogP contribution in [0.25, 0.3) is 0 Å². The second-order valence-electron chi connectivity index (χ2n) is 3.11. The monoisotopic (exact) mass is 189 g/mol. The van der Waals surface area contributed by atoms with Gasteiger partial charge in [0, 0.05) is 0 Å². The third-order valence-electron chi connectivity index (χ3n) is 2.16. The van der Waals surface area contributed by atoms with Gasteiger partial charge in [0.15, 0.2) is 0 Å². The van der Waals surface area contributed by atoms with Crippen LogP contribution in [-0.2, 0) is 0 Å². The number of aromatic amines is 1. The van der Waals surface area contributed by atoms with Gasteiger partial charge in [0.05, 0.1) is 0 Å². The van der Waals surface area contributed by atoms with Crippen molar-refractivity contribution in [3.63, 3.8) is 0 Å². The van der Waals surface area contributed by atoms with E-state index in [0.717, 1.165) is 11.3 Å². The summed E-state index contributed by atoms with van der Waals surface area (Å²) in [6.45, 7) is 4.07. The topological polar surface area (TPSA) is 50.8 Å². The third kappa shape index (κ3) is 1.59. The quantitative estimate of drug-likeness (QED) is 0.788. The minimum absolute atomic E-state index is 0.485. The Morgan fingerprint density at radius 3 is 2.86 bits per heavy atom. The normalized spacial score (nSPS) is 10.1. The van der Waals surface area contributed by atoms with Crippen LogP contribution >= 0.6 is 0 Å². The van der Waals surface area contributed by atoms with Gasteiger partial charge in [0.25, 0.3) is 5.88 Å². The molecule has 0 aliphatic carbocycles. The minimum Gasteiger partial charge on any atom is -0.436 e. The Labute approximate surface area is 81.9 Å². The van der Waals surface area contributed by atoms with Crippen molar-refractivity contribution in [3.8, 4) is 11.6 Å². The highest BCUT2D eigenvalue weighted by atomic mass is 16.5. The van der Waals surface area contributed by atoms with Crippen molar-refractivity contribution in [2.45, 2.75) is 13.8 Å². The molecule has 0 fully saturated rings. The summed E-state index contributed by atoms with van der Waals surface area (Å²) in [7, 11) is 0. The van der Waals surface area contributed by atoms with Gasteiger partial charge in [-0.25, -0.2) is 0 Å². The number of nitrogens with zero attached hydrogens (tertiary/aromatic N) is 2. The Morgan fingerprint density at radius 2 is 2.14 bits per heavy atom. The van der Waals surface area contributed by atoms with Crippen molar-refractivity contribution < 1.29 is 4.74 Å². The molecule has 0 unspecified atom stereocenters. The molecule has 4 nitrogen and oxygen atoms in total. The Morgan fingerprint density at radius 1 is 1.29 bits per heavy atom. The van der Waals surface area contributed by atoms with Crippen molar-refractivity contribution >= 4 is 0 Å². The number of hydrogen-bond acceptors (Lipinski definition) is 3. The highest BCUT2D eigenvalue weighted by molar-refractivity contribution is 5.39. The number of ether oxygens (including phenoxy) is 1. The minimum atomic E-state index is 0.485. The fourth-order valence-corrected chi connectivity index (χ4v) is 1.19. The summed E-state index contributed by atoms with van der Waals surface area (Å²) in [6, 6.07) is 5.92. The lowest BCUT2D eigenvalue weighted by Gasteiger charge is -2.07. The molecule has 0 atom stereocenters. The molecule has 4 heteroatoms. The number of hydrogen-bond donors (Lipinski definition) is 1. The van der Waals surface area contributed by atoms with Gasteiger partial charge in [-0.15, -0.1) is 5.10 Å². The van der Waals surface area contributed by atoms with E-state index in [9.17, 15) is 0 Å². The maximum Gasteiger partial charge on any atom is 0.258 e. The van der Waals surface area contributed by atoms with E-state index in [2.05, 4.69) is 15.4 Å². The molecule has 0 aliphatic rings. The number of aromatic nitrogens is 3. The van der Waals surface area contributed by atoms with Gasteiger partial charge in [-0.3, -0.25) is 0 Å². The second kappa shape index (κ2) is 3.49. The fraction of sp³-hybridized carbons (Fsp3) is 0.200. The molecule has 1 heterocycles. The molecule has 1 aromatic heterocycles. The number of nitrogens with one attached hydrogen (secondary N) is 1. The molecule has 0 amide bonds. The third-order valence-corrected chi connectivity index (χ3v) is 2.16. The molecule has 0 bridgehead atoms. The Bertz CT molecular complexity index is 423. The van der Waals surface area contributed by atoms with Crippen LogP contribution in [0.1, 0.15) is 11.1 Å². The molecular weight excluding hydrogens is 178 g/mol. The molecule has 0 saturated carbocycles. The highest BCUT2D eigenvalue weighted by Crippen LogP contribution is 2.24. The molecule has 0 saturated heterocycles. The van der Waals surface area contributed by atoms with E-state index in [4.69, 9.17) is 4.74 Å². The first-order valence-electron chi connectivity index (χ1n) is 4.37. The standard InChI is InChI=1S/C10H11N3O/c1-7-4-3-5-9(8(7)2)14-10-6-11-13-12-10/h3-6H,1-2H3,(H,11,12,13). The van der Waals surface area contributed by atoms with Gasteiger partial charge in [0.2, 0.25) is 0 Å². The van der Waals surface area contributed by atoms with Crippen LogP contribution in [0.15, 0.2) is 24.4 Å². The second-order valence-corrected chi connectivity index (χ2v) is 3.11. The lowest BCUT2D eigenvalue weighted by molar-refractivity contribution is 0.457. The fourth-order valence-electron chi connectivity index (χ4n) is 1.19. The van der Waals surface area contributed by atoms with Crippen molar-refractivity contribution in [1.82, 2.24) is 15.4 Å². The Balaban J connectivity index is 2.29. The molecule has 1 aromatic carbocycles. The van der Waals surface area contributed by atoms with E-state index < -0.39 is 0 Å². The van der Waals surface area contributed by atoms with Crippen LogP contribution < -0.4 is 4.74 Å². The molecule has 0 radical (unpaired) electrons. The van der Waals surface area contributed by atoms with Crippen molar-refractivity contribution in [2.24, 2.45) is 0 Å². The number of aryl methyl sites for hydroxylation is 1. The molecule has 14 heavy (non-hydrogen) atoms. The van der Waals surface area contributed by atoms with Gasteiger partial charge >= 0.3 is 0 Å². The largest absolute Gasteiger partial charge is 0.436 e. The van der Waals surface area contributed by atoms with Gasteiger partial charge in [-0.1, -0.05) is 12.1 Å². The van der Waals surface area contributed by atoms with E-state index in [1.165, 1.54) is 5.56 Å². The molecule has 2 aromatic rings. The number of benzene rings is 1. The van der Waals surface area contributed by atoms with Crippen LogP contribution in [0.4, 0.5) is 0 Å². The lowest BCUT2D eigenvalue weighted by atomic mass is 10.1. The summed E-state index contributed by atoms with van der Waals surface area (Å²) in [4.78, 5) is 0. The number of rotatable bonds is 2. The van der Waals surface area contributed by atoms with Crippen molar-refractivity contribution in [1.29, 1.82) is 0 Å². The number of H-pyrrole nitrogens is 1. The molecule has 72 valence electrons. The molecular formula is C10H11N3O. The summed E-state index contributed by atoms with van der Waals surface area (Å²) in [5.74, 6) is 1.30. The molecule has 1 N–H and O–H groups in total. The smallest absolute Gasteiger partial charge is 0.258 e. The lowest BCUT2D eigenvalue weighted by Crippen LogP contribution is -1.89. The SMILES string of the molecule is Cc1cccc(Oc2cn[nH]n2)c1C. The zero-order chi connectivity index (χ0) is 9.97. The highest BCUT2D eigenvalue weighted by Gasteiger charge is 2.04. The molecule has 2 rings (SSSR count). The maximum absolute atomic E-state index is 5.53. The van der Waals surface area contributed by atoms with E-state index >= 15 is 0 Å². The van der Waals surface area contributed by atoms with Crippen molar-refractivity contribution in [2.75, 3.05) is 0 Å². The van der Waals surface area contributed by atoms with Crippen LogP contribution in [0.5, 0.6) is 11.6 Å².